The summed E-state index contributed by atoms with van der Waals surface area (Å²) >= 11 is 1.88. The van der Waals surface area contributed by atoms with Crippen molar-refractivity contribution in [1.29, 1.82) is 0 Å². The number of fused-ring (bicyclic) bond motifs is 1. The van der Waals surface area contributed by atoms with Crippen LogP contribution in [0.2, 0.25) is 0 Å². The van der Waals surface area contributed by atoms with Gasteiger partial charge in [0.1, 0.15) is 0 Å². The van der Waals surface area contributed by atoms with Crippen LogP contribution < -0.4 is 10.6 Å². The Morgan fingerprint density at radius 1 is 1.25 bits per heavy atom. The highest BCUT2D eigenvalue weighted by atomic mass is 32.1. The maximum absolute atomic E-state index is 6.07. The quantitative estimate of drug-likeness (QED) is 0.581. The monoisotopic (exact) mass is 405 g/mol. The van der Waals surface area contributed by atoms with Gasteiger partial charge in [-0.2, -0.15) is 0 Å². The normalized spacial score (nSPS) is 32.3. The molecule has 28 heavy (non-hydrogen) atoms. The van der Waals surface area contributed by atoms with Crippen LogP contribution in [-0.4, -0.2) is 81.3 Å². The second-order valence-corrected chi connectivity index (χ2v) is 9.40. The lowest BCUT2D eigenvalue weighted by Gasteiger charge is -2.39. The minimum atomic E-state index is 0.257. The van der Waals surface area contributed by atoms with E-state index in [2.05, 4.69) is 50.0 Å². The molecule has 3 aliphatic heterocycles. The number of aliphatic imine (C=N–C) groups is 1. The molecule has 4 rings (SSSR count). The molecule has 1 aromatic rings. The fourth-order valence-corrected chi connectivity index (χ4v) is 6.03. The zero-order valence-electron chi connectivity index (χ0n) is 17.3. The lowest BCUT2D eigenvalue weighted by molar-refractivity contribution is -0.0453. The van der Waals surface area contributed by atoms with Gasteiger partial charge >= 0.3 is 0 Å². The third-order valence-electron chi connectivity index (χ3n) is 6.56. The van der Waals surface area contributed by atoms with Gasteiger partial charge in [0.2, 0.25) is 0 Å². The highest BCUT2D eigenvalue weighted by Crippen LogP contribution is 2.36. The Kier molecular flexibility index (Phi) is 6.88. The van der Waals surface area contributed by atoms with Gasteiger partial charge in [-0.15, -0.1) is 11.3 Å². The number of hydrogen-bond acceptors (Lipinski definition) is 5. The Labute approximate surface area is 173 Å². The van der Waals surface area contributed by atoms with E-state index in [1.165, 1.54) is 43.6 Å². The van der Waals surface area contributed by atoms with Gasteiger partial charge in [0.15, 0.2) is 5.96 Å². The SMILES string of the molecule is CN=C(NCC1CN2CCCC2CO1)NCC1CCCN(C)C1c1cccs1. The first-order chi connectivity index (χ1) is 13.7. The molecule has 0 aliphatic carbocycles. The van der Waals surface area contributed by atoms with Crippen LogP contribution in [0, 0.1) is 5.92 Å². The number of piperidine rings is 1. The van der Waals surface area contributed by atoms with Crippen LogP contribution in [-0.2, 0) is 4.74 Å². The van der Waals surface area contributed by atoms with Gasteiger partial charge in [-0.3, -0.25) is 14.8 Å². The zero-order chi connectivity index (χ0) is 19.3. The van der Waals surface area contributed by atoms with Crippen molar-refractivity contribution >= 4 is 17.3 Å². The van der Waals surface area contributed by atoms with E-state index < -0.39 is 0 Å². The van der Waals surface area contributed by atoms with Gasteiger partial charge < -0.3 is 15.4 Å². The molecule has 0 aromatic carbocycles. The van der Waals surface area contributed by atoms with Crippen molar-refractivity contribution in [3.63, 3.8) is 0 Å². The van der Waals surface area contributed by atoms with Crippen LogP contribution in [0.15, 0.2) is 22.5 Å². The molecule has 0 spiro atoms. The largest absolute Gasteiger partial charge is 0.373 e. The molecule has 4 heterocycles. The maximum atomic E-state index is 6.07. The number of ether oxygens (including phenoxy) is 1. The fourth-order valence-electron chi connectivity index (χ4n) is 5.05. The molecule has 3 aliphatic rings. The third kappa shape index (κ3) is 4.70. The predicted molar refractivity (Wildman–Crippen MR) is 116 cm³/mol. The molecule has 3 fully saturated rings. The van der Waals surface area contributed by atoms with E-state index in [1.807, 2.05) is 18.4 Å². The number of morpholine rings is 1. The lowest BCUT2D eigenvalue weighted by atomic mass is 9.88. The number of guanidine groups is 1. The summed E-state index contributed by atoms with van der Waals surface area (Å²) in [6.07, 6.45) is 5.40. The molecular formula is C21H35N5OS. The second kappa shape index (κ2) is 9.57. The third-order valence-corrected chi connectivity index (χ3v) is 7.50. The number of thiophene rings is 1. The van der Waals surface area contributed by atoms with E-state index in [9.17, 15) is 0 Å². The van der Waals surface area contributed by atoms with Crippen molar-refractivity contribution < 1.29 is 4.74 Å². The molecule has 6 nitrogen and oxygen atoms in total. The predicted octanol–water partition coefficient (Wildman–Crippen LogP) is 2.16. The molecule has 4 unspecified atom stereocenters. The average molecular weight is 406 g/mol. The average Bonchev–Trinajstić information content (AvgIpc) is 3.39. The second-order valence-electron chi connectivity index (χ2n) is 8.42. The Morgan fingerprint density at radius 3 is 2.93 bits per heavy atom. The smallest absolute Gasteiger partial charge is 0.191 e. The fraction of sp³-hybridized carbons (Fsp3) is 0.762. The van der Waals surface area contributed by atoms with Crippen molar-refractivity contribution in [3.8, 4) is 0 Å². The number of nitrogens with zero attached hydrogens (tertiary/aromatic N) is 3. The summed E-state index contributed by atoms with van der Waals surface area (Å²) in [5, 5.41) is 9.27. The van der Waals surface area contributed by atoms with E-state index in [-0.39, 0.29) is 6.10 Å². The molecule has 156 valence electrons. The topological polar surface area (TPSA) is 52.1 Å². The van der Waals surface area contributed by atoms with Gasteiger partial charge in [0, 0.05) is 43.6 Å². The van der Waals surface area contributed by atoms with Gasteiger partial charge in [-0.05, 0) is 63.2 Å². The number of rotatable bonds is 5. The Morgan fingerprint density at radius 2 is 2.11 bits per heavy atom. The first kappa shape index (κ1) is 20.1. The molecule has 0 saturated carbocycles. The standard InChI is InChI=1S/C21H35N5OS/c1-22-21(24-13-18-14-26-10-4-7-17(26)15-27-18)23-12-16-6-3-9-25(2)20(16)19-8-5-11-28-19/h5,8,11,16-18,20H,3-4,6-7,9-10,12-15H2,1-2H3,(H2,22,23,24). The van der Waals surface area contributed by atoms with Crippen molar-refractivity contribution in [2.24, 2.45) is 10.9 Å². The van der Waals surface area contributed by atoms with Crippen molar-refractivity contribution in [1.82, 2.24) is 20.4 Å². The minimum absolute atomic E-state index is 0.257. The molecule has 0 amide bonds. The summed E-state index contributed by atoms with van der Waals surface area (Å²) < 4.78 is 6.07. The van der Waals surface area contributed by atoms with Crippen molar-refractivity contribution in [2.45, 2.75) is 43.9 Å². The van der Waals surface area contributed by atoms with Gasteiger partial charge in [0.25, 0.3) is 0 Å². The molecule has 7 heteroatoms. The molecule has 1 aromatic heterocycles. The number of likely N-dealkylation sites (tertiary alicyclic amines) is 1. The van der Waals surface area contributed by atoms with E-state index in [4.69, 9.17) is 4.74 Å². The Bertz CT molecular complexity index is 637. The summed E-state index contributed by atoms with van der Waals surface area (Å²) in [4.78, 5) is 11.0. The van der Waals surface area contributed by atoms with Crippen LogP contribution in [0.3, 0.4) is 0 Å². The molecule has 0 bridgehead atoms. The first-order valence-electron chi connectivity index (χ1n) is 10.8. The van der Waals surface area contributed by atoms with Gasteiger partial charge in [0.05, 0.1) is 12.7 Å². The minimum Gasteiger partial charge on any atom is -0.373 e. The molecule has 2 N–H and O–H groups in total. The molecule has 4 atom stereocenters. The number of hydrogen-bond donors (Lipinski definition) is 2. The Balaban J connectivity index is 1.26. The summed E-state index contributed by atoms with van der Waals surface area (Å²) in [5.41, 5.74) is 0. The van der Waals surface area contributed by atoms with Crippen LogP contribution in [0.4, 0.5) is 0 Å². The highest BCUT2D eigenvalue weighted by molar-refractivity contribution is 7.10. The summed E-state index contributed by atoms with van der Waals surface area (Å²) in [5.74, 6) is 1.50. The molecule has 0 radical (unpaired) electrons. The van der Waals surface area contributed by atoms with Gasteiger partial charge in [-0.1, -0.05) is 6.07 Å². The van der Waals surface area contributed by atoms with E-state index in [0.29, 0.717) is 18.0 Å². The van der Waals surface area contributed by atoms with Crippen molar-refractivity contribution in [2.75, 3.05) is 53.4 Å². The van der Waals surface area contributed by atoms with E-state index in [1.54, 1.807) is 0 Å². The van der Waals surface area contributed by atoms with Crippen LogP contribution in [0.1, 0.15) is 36.6 Å². The lowest BCUT2D eigenvalue weighted by Crippen LogP contribution is -2.52. The summed E-state index contributed by atoms with van der Waals surface area (Å²) in [7, 11) is 4.12. The van der Waals surface area contributed by atoms with E-state index in [0.717, 1.165) is 32.2 Å². The molecular weight excluding hydrogens is 370 g/mol. The summed E-state index contributed by atoms with van der Waals surface area (Å²) in [6, 6.07) is 5.62. The van der Waals surface area contributed by atoms with Crippen LogP contribution >= 0.6 is 11.3 Å². The van der Waals surface area contributed by atoms with Crippen LogP contribution in [0.25, 0.3) is 0 Å². The highest BCUT2D eigenvalue weighted by Gasteiger charge is 2.33. The van der Waals surface area contributed by atoms with E-state index >= 15 is 0 Å². The van der Waals surface area contributed by atoms with Crippen molar-refractivity contribution in [3.05, 3.63) is 22.4 Å². The van der Waals surface area contributed by atoms with Gasteiger partial charge in [-0.25, -0.2) is 0 Å². The first-order valence-corrected chi connectivity index (χ1v) is 11.7. The number of nitrogens with one attached hydrogen (secondary N) is 2. The van der Waals surface area contributed by atoms with Crippen LogP contribution in [0.5, 0.6) is 0 Å². The zero-order valence-corrected chi connectivity index (χ0v) is 18.1. The maximum Gasteiger partial charge on any atom is 0.191 e. The Hall–Kier alpha value is -1.15. The molecule has 3 saturated heterocycles. The summed E-state index contributed by atoms with van der Waals surface area (Å²) in [6.45, 7) is 6.12.